The molecule has 4 fully saturated rings. The molecule has 17 heteroatoms. The standard InChI is InChI=1S/C49H59F2N4O9PS/c1-28(2)52-48-54-42(27-66-48)41-22-45(35-17-16-33(62-4)19-40(35)53-41)63-34-20-43-44(57)24-49(65(60,61)26-37-38(50)14-9-15-39(37)51)23-30(49)10-5-6-11-31(56)18-29(3)36(47(59)55(43)25-34)21-46(58)64-32-12-7-8-13-32/h9,14-17,19,22,27-30,32,34,36,43H,5-8,10-13,18,20-21,23-26H2,1-4H3,(H,52,54)(H,60,61)/t29-,30-,34-,36+,43+,49-/m1/s1. The third-order valence-electron chi connectivity index (χ3n) is 14.0. The Hall–Kier alpha value is -4.79. The average Bonchev–Trinajstić information content (AvgIpc) is 3.69. The maximum Gasteiger partial charge on any atom is 0.306 e. The van der Waals surface area contributed by atoms with Gasteiger partial charge in [0.05, 0.1) is 54.6 Å². The highest BCUT2D eigenvalue weighted by Gasteiger charge is 2.66. The third-order valence-corrected chi connectivity index (χ3v) is 17.6. The number of benzene rings is 2. The van der Waals surface area contributed by atoms with Crippen molar-refractivity contribution < 1.29 is 51.6 Å². The first kappa shape index (κ1) is 47.7. The topological polar surface area (TPSA) is 174 Å². The molecule has 2 aliphatic carbocycles. The second-order valence-electron chi connectivity index (χ2n) is 19.1. The molecule has 2 saturated heterocycles. The number of carbonyl (C=O) groups excluding carboxylic acids is 4. The first-order valence-electron chi connectivity index (χ1n) is 23.2. The van der Waals surface area contributed by atoms with Gasteiger partial charge in [-0.3, -0.25) is 23.7 Å². The van der Waals surface area contributed by atoms with Crippen LogP contribution in [0.1, 0.15) is 110 Å². The monoisotopic (exact) mass is 948 g/mol. The van der Waals surface area contributed by atoms with E-state index < -0.39 is 89.9 Å². The summed E-state index contributed by atoms with van der Waals surface area (Å²) in [6.07, 6.45) is 2.67. The maximum absolute atomic E-state index is 15.2. The van der Waals surface area contributed by atoms with Gasteiger partial charge in [0.15, 0.2) is 10.9 Å². The molecular formula is C49H59F2N4O9PS. The van der Waals surface area contributed by atoms with Crippen molar-refractivity contribution in [2.45, 2.75) is 140 Å². The molecule has 7 atom stereocenters. The van der Waals surface area contributed by atoms with E-state index in [0.717, 1.165) is 37.8 Å². The number of Topliss-reactive ketones (excluding diaryl/α,β-unsaturated/α-hetero) is 2. The van der Waals surface area contributed by atoms with Crippen LogP contribution in [0.4, 0.5) is 13.9 Å². The zero-order valence-electron chi connectivity index (χ0n) is 37.9. The quantitative estimate of drug-likeness (QED) is 0.102. The van der Waals surface area contributed by atoms with Crippen LogP contribution in [0, 0.1) is 29.4 Å². The van der Waals surface area contributed by atoms with Crippen LogP contribution in [0.25, 0.3) is 22.3 Å². The van der Waals surface area contributed by atoms with E-state index in [1.807, 2.05) is 25.3 Å². The normalized spacial score (nSPS) is 26.3. The second kappa shape index (κ2) is 19.8. The molecule has 0 bridgehead atoms. The van der Waals surface area contributed by atoms with Gasteiger partial charge in [0.1, 0.15) is 46.8 Å². The third kappa shape index (κ3) is 10.4. The van der Waals surface area contributed by atoms with E-state index in [4.69, 9.17) is 24.2 Å². The molecule has 4 aliphatic rings. The van der Waals surface area contributed by atoms with Gasteiger partial charge in [-0.05, 0) is 94.9 Å². The predicted molar refractivity (Wildman–Crippen MR) is 247 cm³/mol. The molecule has 8 rings (SSSR count). The number of fused-ring (bicyclic) bond motifs is 3. The number of methoxy groups -OCH3 is 1. The van der Waals surface area contributed by atoms with Crippen molar-refractivity contribution in [3.8, 4) is 22.9 Å². The van der Waals surface area contributed by atoms with Crippen LogP contribution in [-0.4, -0.2) is 86.3 Å². The smallest absolute Gasteiger partial charge is 0.306 e. The highest BCUT2D eigenvalue weighted by molar-refractivity contribution is 7.59. The Kier molecular flexibility index (Phi) is 14.3. The number of nitrogens with one attached hydrogen (secondary N) is 1. The Morgan fingerprint density at radius 1 is 1.02 bits per heavy atom. The molecular weight excluding hydrogens is 890 g/mol. The van der Waals surface area contributed by atoms with E-state index >= 15 is 18.4 Å². The molecule has 0 radical (unpaired) electrons. The molecule has 2 saturated carbocycles. The molecule has 2 aromatic heterocycles. The molecule has 2 aliphatic heterocycles. The molecule has 4 heterocycles. The Morgan fingerprint density at radius 2 is 1.76 bits per heavy atom. The lowest BCUT2D eigenvalue weighted by Crippen LogP contribution is -2.47. The number of ether oxygens (including phenoxy) is 3. The van der Waals surface area contributed by atoms with Crippen molar-refractivity contribution in [2.24, 2.45) is 17.8 Å². The van der Waals surface area contributed by atoms with Crippen molar-refractivity contribution >= 4 is 58.2 Å². The number of hydrogen-bond acceptors (Lipinski definition) is 12. The van der Waals surface area contributed by atoms with Crippen LogP contribution in [0.3, 0.4) is 0 Å². The van der Waals surface area contributed by atoms with Gasteiger partial charge in [-0.15, -0.1) is 11.3 Å². The number of esters is 1. The van der Waals surface area contributed by atoms with Gasteiger partial charge in [0.2, 0.25) is 13.3 Å². The lowest BCUT2D eigenvalue weighted by molar-refractivity contribution is -0.155. The van der Waals surface area contributed by atoms with Crippen molar-refractivity contribution in [1.82, 2.24) is 14.9 Å². The van der Waals surface area contributed by atoms with Gasteiger partial charge in [0, 0.05) is 60.2 Å². The van der Waals surface area contributed by atoms with Gasteiger partial charge in [-0.25, -0.2) is 18.7 Å². The Morgan fingerprint density at radius 3 is 2.48 bits per heavy atom. The number of carbonyl (C=O) groups is 4. The number of ketones is 2. The SMILES string of the molecule is COc1ccc2c(O[C@@H]3C[C@H]4C(=O)C[C@]5(P(=O)(O)Cc6c(F)cccc6F)C[C@H]5CCCCC(=O)C[C@@H](C)[C@H](CC(=O)OC5CCCC5)C(=O)N4C3)cc(-c3csc(NC(C)C)n3)nc2c1. The number of anilines is 1. The number of thiazole rings is 1. The van der Waals surface area contributed by atoms with Gasteiger partial charge in [0.25, 0.3) is 0 Å². The van der Waals surface area contributed by atoms with Crippen molar-refractivity contribution in [3.63, 3.8) is 0 Å². The summed E-state index contributed by atoms with van der Waals surface area (Å²) in [7, 11) is -2.95. The lowest BCUT2D eigenvalue weighted by atomic mass is 9.84. The minimum atomic E-state index is -4.51. The van der Waals surface area contributed by atoms with Crippen LogP contribution in [0.2, 0.25) is 0 Å². The zero-order valence-corrected chi connectivity index (χ0v) is 39.6. The van der Waals surface area contributed by atoms with Crippen molar-refractivity contribution in [2.75, 3.05) is 19.0 Å². The van der Waals surface area contributed by atoms with E-state index in [-0.39, 0.29) is 56.6 Å². The molecule has 2 N–H and O–H groups in total. The van der Waals surface area contributed by atoms with Crippen LogP contribution >= 0.6 is 18.7 Å². The first-order valence-corrected chi connectivity index (χ1v) is 25.9. The van der Waals surface area contributed by atoms with Gasteiger partial charge >= 0.3 is 5.97 Å². The lowest BCUT2D eigenvalue weighted by Gasteiger charge is -2.32. The number of hydrogen-bond donors (Lipinski definition) is 2. The summed E-state index contributed by atoms with van der Waals surface area (Å²) in [6.45, 7) is 5.73. The summed E-state index contributed by atoms with van der Waals surface area (Å²) < 4.78 is 62.9. The molecule has 1 amide bonds. The van der Waals surface area contributed by atoms with Crippen LogP contribution in [0.15, 0.2) is 47.8 Å². The summed E-state index contributed by atoms with van der Waals surface area (Å²) in [6, 6.07) is 9.39. The summed E-state index contributed by atoms with van der Waals surface area (Å²) in [4.78, 5) is 80.3. The number of nitrogens with zero attached hydrogens (tertiary/aromatic N) is 3. The molecule has 2 aromatic carbocycles. The second-order valence-corrected chi connectivity index (χ2v) is 22.6. The minimum absolute atomic E-state index is 0.00397. The average molecular weight is 949 g/mol. The Bertz CT molecular complexity index is 2510. The van der Waals surface area contributed by atoms with E-state index in [1.54, 1.807) is 32.2 Å². The highest BCUT2D eigenvalue weighted by Crippen LogP contribution is 2.75. The molecule has 1 unspecified atom stereocenters. The van der Waals surface area contributed by atoms with Gasteiger partial charge in [-0.1, -0.05) is 19.4 Å². The molecule has 0 spiro atoms. The van der Waals surface area contributed by atoms with E-state index in [9.17, 15) is 19.0 Å². The molecule has 354 valence electrons. The fourth-order valence-corrected chi connectivity index (χ4v) is 13.8. The number of pyridine rings is 1. The highest BCUT2D eigenvalue weighted by atomic mass is 32.1. The first-order chi connectivity index (χ1) is 31.5. The summed E-state index contributed by atoms with van der Waals surface area (Å²) >= 11 is 1.43. The number of rotatable bonds is 12. The van der Waals surface area contributed by atoms with Crippen molar-refractivity contribution in [1.29, 1.82) is 0 Å². The van der Waals surface area contributed by atoms with Gasteiger partial charge in [-0.2, -0.15) is 0 Å². The van der Waals surface area contributed by atoms with Gasteiger partial charge < -0.3 is 29.3 Å². The number of aromatic nitrogens is 2. The summed E-state index contributed by atoms with van der Waals surface area (Å²) in [5.74, 6) is -4.57. The van der Waals surface area contributed by atoms with Crippen molar-refractivity contribution in [3.05, 3.63) is 65.0 Å². The summed E-state index contributed by atoms with van der Waals surface area (Å²) in [5.41, 5.74) is 1.16. The molecule has 13 nitrogen and oxygen atoms in total. The maximum atomic E-state index is 15.2. The predicted octanol–water partition coefficient (Wildman–Crippen LogP) is 9.66. The molecule has 66 heavy (non-hydrogen) atoms. The summed E-state index contributed by atoms with van der Waals surface area (Å²) in [5, 5.41) is 5.05. The minimum Gasteiger partial charge on any atom is -0.497 e. The Balaban J connectivity index is 1.16. The number of halogens is 2. The zero-order chi connectivity index (χ0) is 46.9. The molecule has 4 aromatic rings. The van der Waals surface area contributed by atoms with Crippen LogP contribution in [0.5, 0.6) is 11.5 Å². The fraction of sp³-hybridized carbons (Fsp3) is 0.551. The Labute approximate surface area is 387 Å². The largest absolute Gasteiger partial charge is 0.497 e. The van der Waals surface area contributed by atoms with Crippen LogP contribution < -0.4 is 14.8 Å². The number of amides is 1. The van der Waals surface area contributed by atoms with E-state index in [1.165, 1.54) is 22.3 Å². The van der Waals surface area contributed by atoms with E-state index in [2.05, 4.69) is 5.32 Å². The fourth-order valence-electron chi connectivity index (χ4n) is 10.3. The van der Waals surface area contributed by atoms with Crippen LogP contribution in [-0.2, 0) is 34.6 Å². The van der Waals surface area contributed by atoms with E-state index in [0.29, 0.717) is 58.2 Å².